The second kappa shape index (κ2) is 5.11. The molecule has 130 valence electrons. The van der Waals surface area contributed by atoms with Crippen LogP contribution in [0.4, 0.5) is 0 Å². The number of rotatable bonds is 3. The van der Waals surface area contributed by atoms with Gasteiger partial charge in [-0.1, -0.05) is 32.0 Å². The van der Waals surface area contributed by atoms with Crippen LogP contribution in [0, 0.1) is 16.7 Å². The van der Waals surface area contributed by atoms with Gasteiger partial charge in [-0.05, 0) is 56.6 Å². The molecule has 0 aromatic heterocycles. The molecular formula is C21H28O2S. The van der Waals surface area contributed by atoms with Crippen LogP contribution in [0.3, 0.4) is 0 Å². The fourth-order valence-electron chi connectivity index (χ4n) is 5.29. The minimum Gasteiger partial charge on any atom is -0.363 e. The highest BCUT2D eigenvalue weighted by molar-refractivity contribution is 7.99. The van der Waals surface area contributed by atoms with Crippen LogP contribution in [-0.4, -0.2) is 22.7 Å². The second-order valence-electron chi connectivity index (χ2n) is 9.37. The molecule has 0 radical (unpaired) electrons. The predicted octanol–water partition coefficient (Wildman–Crippen LogP) is 5.11. The summed E-state index contributed by atoms with van der Waals surface area (Å²) in [6.45, 7) is 8.96. The van der Waals surface area contributed by atoms with E-state index in [-0.39, 0.29) is 22.0 Å². The highest BCUT2D eigenvalue weighted by atomic mass is 32.2. The standard InChI is InChI=1S/C21H28O2S/c1-18(2)10-15-11-19(3)20(4,23-19)13-21(15,17(22)12-18)14-24-16-8-6-5-7-9-16/h5-9,15H,10-14H2,1-4H3/t15-,19-,20+,21+/m0/s1. The summed E-state index contributed by atoms with van der Waals surface area (Å²) in [4.78, 5) is 14.6. The second-order valence-corrected chi connectivity index (χ2v) is 10.4. The van der Waals surface area contributed by atoms with E-state index in [0.717, 1.165) is 25.0 Å². The number of thioether (sulfide) groups is 1. The van der Waals surface area contributed by atoms with Crippen LogP contribution in [-0.2, 0) is 9.53 Å². The van der Waals surface area contributed by atoms with Crippen LogP contribution >= 0.6 is 11.8 Å². The zero-order valence-corrected chi connectivity index (χ0v) is 16.0. The Morgan fingerprint density at radius 2 is 1.79 bits per heavy atom. The van der Waals surface area contributed by atoms with Crippen LogP contribution in [0.25, 0.3) is 0 Å². The minimum absolute atomic E-state index is 0.00766. The van der Waals surface area contributed by atoms with Gasteiger partial charge in [-0.3, -0.25) is 4.79 Å². The van der Waals surface area contributed by atoms with E-state index in [2.05, 4.69) is 52.0 Å². The van der Waals surface area contributed by atoms with Crippen molar-refractivity contribution in [2.45, 2.75) is 69.5 Å². The average molecular weight is 345 g/mol. The molecule has 1 aromatic rings. The van der Waals surface area contributed by atoms with Gasteiger partial charge in [0.1, 0.15) is 5.78 Å². The molecule has 1 saturated heterocycles. The van der Waals surface area contributed by atoms with Crippen LogP contribution < -0.4 is 0 Å². The van der Waals surface area contributed by atoms with Crippen LogP contribution in [0.1, 0.15) is 53.4 Å². The first-order chi connectivity index (χ1) is 11.2. The Morgan fingerprint density at radius 1 is 1.08 bits per heavy atom. The van der Waals surface area contributed by atoms with E-state index >= 15 is 0 Å². The number of ketones is 1. The van der Waals surface area contributed by atoms with Gasteiger partial charge in [-0.15, -0.1) is 11.8 Å². The molecular weight excluding hydrogens is 316 g/mol. The lowest BCUT2D eigenvalue weighted by Gasteiger charge is -2.52. The topological polar surface area (TPSA) is 29.6 Å². The van der Waals surface area contributed by atoms with Crippen molar-refractivity contribution in [3.05, 3.63) is 30.3 Å². The number of hydrogen-bond acceptors (Lipinski definition) is 3. The first-order valence-electron chi connectivity index (χ1n) is 9.10. The molecule has 3 fully saturated rings. The van der Waals surface area contributed by atoms with Gasteiger partial charge >= 0.3 is 0 Å². The fraction of sp³-hybridized carbons (Fsp3) is 0.667. The molecule has 4 atom stereocenters. The zero-order chi connectivity index (χ0) is 17.2. The van der Waals surface area contributed by atoms with E-state index in [4.69, 9.17) is 4.74 Å². The molecule has 0 amide bonds. The summed E-state index contributed by atoms with van der Waals surface area (Å²) in [5, 5.41) is 0. The van der Waals surface area contributed by atoms with Gasteiger partial charge in [-0.2, -0.15) is 0 Å². The molecule has 0 bridgehead atoms. The molecule has 1 aromatic carbocycles. The number of Topliss-reactive ketones (excluding diaryl/α,β-unsaturated/α-hetero) is 1. The maximum Gasteiger partial charge on any atom is 0.140 e. The van der Waals surface area contributed by atoms with Gasteiger partial charge in [0, 0.05) is 22.5 Å². The third-order valence-electron chi connectivity index (χ3n) is 6.83. The number of fused-ring (bicyclic) bond motifs is 2. The first kappa shape index (κ1) is 16.7. The highest BCUT2D eigenvalue weighted by Gasteiger charge is 2.73. The average Bonchev–Trinajstić information content (AvgIpc) is 3.04. The normalized spacial score (nSPS) is 43.0. The fourth-order valence-corrected chi connectivity index (χ4v) is 6.56. The molecule has 4 rings (SSSR count). The van der Waals surface area contributed by atoms with Crippen molar-refractivity contribution < 1.29 is 9.53 Å². The molecule has 2 aliphatic carbocycles. The summed E-state index contributed by atoms with van der Waals surface area (Å²) in [7, 11) is 0. The Kier molecular flexibility index (Phi) is 3.54. The van der Waals surface area contributed by atoms with Crippen molar-refractivity contribution in [1.29, 1.82) is 0 Å². The van der Waals surface area contributed by atoms with Crippen LogP contribution in [0.15, 0.2) is 35.2 Å². The van der Waals surface area contributed by atoms with Gasteiger partial charge < -0.3 is 4.74 Å². The van der Waals surface area contributed by atoms with E-state index < -0.39 is 0 Å². The third-order valence-corrected chi connectivity index (χ3v) is 8.10. The van der Waals surface area contributed by atoms with Gasteiger partial charge in [0.05, 0.1) is 11.2 Å². The Labute approximate surface area is 149 Å². The van der Waals surface area contributed by atoms with E-state index in [1.807, 2.05) is 17.8 Å². The lowest BCUT2D eigenvalue weighted by atomic mass is 9.51. The zero-order valence-electron chi connectivity index (χ0n) is 15.2. The molecule has 1 aliphatic heterocycles. The quantitative estimate of drug-likeness (QED) is 0.563. The lowest BCUT2D eigenvalue weighted by Crippen LogP contribution is -2.55. The van der Waals surface area contributed by atoms with Crippen molar-refractivity contribution in [1.82, 2.24) is 0 Å². The summed E-state index contributed by atoms with van der Waals surface area (Å²) in [5.41, 5.74) is -0.188. The van der Waals surface area contributed by atoms with Crippen molar-refractivity contribution >= 4 is 17.5 Å². The largest absolute Gasteiger partial charge is 0.363 e. The Morgan fingerprint density at radius 3 is 2.50 bits per heavy atom. The van der Waals surface area contributed by atoms with E-state index in [1.54, 1.807) is 0 Å². The van der Waals surface area contributed by atoms with Gasteiger partial charge in [-0.25, -0.2) is 0 Å². The van der Waals surface area contributed by atoms with Crippen LogP contribution in [0.2, 0.25) is 0 Å². The Balaban J connectivity index is 1.64. The predicted molar refractivity (Wildman–Crippen MR) is 98.2 cm³/mol. The number of carbonyl (C=O) groups excluding carboxylic acids is 1. The van der Waals surface area contributed by atoms with Gasteiger partial charge in [0.25, 0.3) is 0 Å². The molecule has 3 aliphatic rings. The van der Waals surface area contributed by atoms with Crippen molar-refractivity contribution in [3.8, 4) is 0 Å². The van der Waals surface area contributed by atoms with E-state index in [1.165, 1.54) is 4.90 Å². The first-order valence-corrected chi connectivity index (χ1v) is 10.1. The minimum atomic E-state index is -0.208. The number of benzene rings is 1. The Bertz CT molecular complexity index is 670. The summed E-state index contributed by atoms with van der Waals surface area (Å²) < 4.78 is 6.18. The van der Waals surface area contributed by atoms with E-state index in [9.17, 15) is 4.79 Å². The van der Waals surface area contributed by atoms with Crippen molar-refractivity contribution in [2.75, 3.05) is 5.75 Å². The smallest absolute Gasteiger partial charge is 0.140 e. The molecule has 1 heterocycles. The maximum absolute atomic E-state index is 13.3. The summed E-state index contributed by atoms with van der Waals surface area (Å²) >= 11 is 1.85. The summed E-state index contributed by atoms with van der Waals surface area (Å²) in [6.07, 6.45) is 3.79. The molecule has 2 saturated carbocycles. The van der Waals surface area contributed by atoms with Gasteiger partial charge in [0.15, 0.2) is 0 Å². The molecule has 3 heteroatoms. The molecule has 0 unspecified atom stereocenters. The number of carbonyl (C=O) groups is 1. The number of hydrogen-bond donors (Lipinski definition) is 0. The summed E-state index contributed by atoms with van der Waals surface area (Å²) in [5.74, 6) is 1.82. The molecule has 0 spiro atoms. The highest BCUT2D eigenvalue weighted by Crippen LogP contribution is 2.68. The number of ether oxygens (including phenoxy) is 1. The Hall–Kier alpha value is -0.800. The molecule has 24 heavy (non-hydrogen) atoms. The molecule has 2 nitrogen and oxygen atoms in total. The van der Waals surface area contributed by atoms with Crippen LogP contribution in [0.5, 0.6) is 0 Å². The third kappa shape index (κ3) is 2.47. The maximum atomic E-state index is 13.3. The number of epoxide rings is 1. The molecule has 0 N–H and O–H groups in total. The van der Waals surface area contributed by atoms with Gasteiger partial charge in [0.2, 0.25) is 0 Å². The SMILES string of the molecule is CC1(C)CC(=O)[C@@]2(CSc3ccccc3)C[C@@]3(C)O[C@@]3(C)C[C@@H]2C1. The monoisotopic (exact) mass is 344 g/mol. The van der Waals surface area contributed by atoms with Crippen molar-refractivity contribution in [3.63, 3.8) is 0 Å². The lowest BCUT2D eigenvalue weighted by molar-refractivity contribution is -0.142. The summed E-state index contributed by atoms with van der Waals surface area (Å²) in [6, 6.07) is 10.5. The van der Waals surface area contributed by atoms with E-state index in [0.29, 0.717) is 18.1 Å². The van der Waals surface area contributed by atoms with Crippen molar-refractivity contribution in [2.24, 2.45) is 16.7 Å².